The number of aromatic nitrogens is 3. The third-order valence-electron chi connectivity index (χ3n) is 3.43. The van der Waals surface area contributed by atoms with Crippen LogP contribution in [0, 0.1) is 6.92 Å². The van der Waals surface area contributed by atoms with Crippen molar-refractivity contribution in [2.75, 3.05) is 6.54 Å². The minimum Gasteiger partial charge on any atom is -0.344 e. The number of rotatable bonds is 7. The first-order valence-corrected chi connectivity index (χ1v) is 7.61. The average Bonchev–Trinajstić information content (AvgIpc) is 2.99. The van der Waals surface area contributed by atoms with Crippen molar-refractivity contribution in [2.24, 2.45) is 0 Å². The molecular weight excluding hydrogens is 272 g/mol. The summed E-state index contributed by atoms with van der Waals surface area (Å²) >= 11 is 6.38. The van der Waals surface area contributed by atoms with Gasteiger partial charge in [-0.2, -0.15) is 5.10 Å². The second kappa shape index (κ2) is 6.95. The van der Waals surface area contributed by atoms with Crippen molar-refractivity contribution < 1.29 is 0 Å². The van der Waals surface area contributed by atoms with E-state index in [1.54, 1.807) is 0 Å². The van der Waals surface area contributed by atoms with E-state index in [0.29, 0.717) is 0 Å². The second-order valence-corrected chi connectivity index (χ2v) is 5.34. The van der Waals surface area contributed by atoms with Crippen molar-refractivity contribution in [1.82, 2.24) is 19.7 Å². The number of nitrogens with zero attached hydrogens (tertiary/aromatic N) is 3. The Morgan fingerprint density at radius 1 is 1.35 bits per heavy atom. The molecule has 0 spiro atoms. The normalized spacial score (nSPS) is 11.2. The lowest BCUT2D eigenvalue weighted by atomic mass is 10.3. The maximum Gasteiger partial charge on any atom is 0.0865 e. The summed E-state index contributed by atoms with van der Waals surface area (Å²) in [5.41, 5.74) is 3.26. The molecule has 2 aromatic rings. The first-order valence-electron chi connectivity index (χ1n) is 7.23. The molecule has 4 nitrogen and oxygen atoms in total. The van der Waals surface area contributed by atoms with Crippen molar-refractivity contribution in [3.05, 3.63) is 40.4 Å². The van der Waals surface area contributed by atoms with Gasteiger partial charge in [-0.25, -0.2) is 0 Å². The van der Waals surface area contributed by atoms with Gasteiger partial charge in [0, 0.05) is 25.0 Å². The van der Waals surface area contributed by atoms with Crippen molar-refractivity contribution in [2.45, 2.75) is 46.8 Å². The molecule has 0 aromatic carbocycles. The summed E-state index contributed by atoms with van der Waals surface area (Å²) in [6, 6.07) is 4.23. The third kappa shape index (κ3) is 3.25. The van der Waals surface area contributed by atoms with E-state index in [1.807, 2.05) is 11.6 Å². The van der Waals surface area contributed by atoms with Crippen LogP contribution in [0.1, 0.15) is 37.4 Å². The molecule has 0 saturated heterocycles. The van der Waals surface area contributed by atoms with Gasteiger partial charge in [0.2, 0.25) is 0 Å². The Balaban J connectivity index is 2.16. The van der Waals surface area contributed by atoms with Crippen LogP contribution < -0.4 is 5.32 Å². The van der Waals surface area contributed by atoms with Crippen LogP contribution in [0.15, 0.2) is 18.3 Å². The summed E-state index contributed by atoms with van der Waals surface area (Å²) in [5.74, 6) is 0. The van der Waals surface area contributed by atoms with Gasteiger partial charge >= 0.3 is 0 Å². The number of halogens is 1. The molecule has 0 aliphatic carbocycles. The predicted octanol–water partition coefficient (Wildman–Crippen LogP) is 3.21. The minimum atomic E-state index is 0.768. The lowest BCUT2D eigenvalue weighted by Gasteiger charge is -2.11. The molecule has 0 saturated carbocycles. The van der Waals surface area contributed by atoms with Crippen molar-refractivity contribution in [3.63, 3.8) is 0 Å². The fourth-order valence-electron chi connectivity index (χ4n) is 2.34. The van der Waals surface area contributed by atoms with E-state index in [0.717, 1.165) is 49.0 Å². The molecule has 0 amide bonds. The zero-order chi connectivity index (χ0) is 14.5. The standard InChI is InChI=1S/C15H23ClN4/c1-4-8-17-10-13-7-6-9-19(13)11-14-15(16)12(3)18-20(14)5-2/h6-7,9,17H,4-5,8,10-11H2,1-3H3. The van der Waals surface area contributed by atoms with Gasteiger partial charge < -0.3 is 9.88 Å². The van der Waals surface area contributed by atoms with Gasteiger partial charge in [0.05, 0.1) is 23.0 Å². The summed E-state index contributed by atoms with van der Waals surface area (Å²) in [6.45, 7) is 9.75. The first-order chi connectivity index (χ1) is 9.67. The smallest absolute Gasteiger partial charge is 0.0865 e. The molecule has 0 radical (unpaired) electrons. The Morgan fingerprint density at radius 2 is 2.15 bits per heavy atom. The van der Waals surface area contributed by atoms with Gasteiger partial charge in [-0.05, 0) is 38.9 Å². The van der Waals surface area contributed by atoms with Crippen LogP contribution in [0.5, 0.6) is 0 Å². The molecule has 1 N–H and O–H groups in total. The molecule has 0 fully saturated rings. The minimum absolute atomic E-state index is 0.768. The van der Waals surface area contributed by atoms with Gasteiger partial charge in [0.1, 0.15) is 0 Å². The Hall–Kier alpha value is -1.26. The Labute approximate surface area is 125 Å². The van der Waals surface area contributed by atoms with E-state index in [2.05, 4.69) is 47.2 Å². The topological polar surface area (TPSA) is 34.8 Å². The van der Waals surface area contributed by atoms with E-state index in [9.17, 15) is 0 Å². The molecule has 2 heterocycles. The summed E-state index contributed by atoms with van der Waals surface area (Å²) in [7, 11) is 0. The predicted molar refractivity (Wildman–Crippen MR) is 83.2 cm³/mol. The SMILES string of the molecule is CCCNCc1cccn1Cc1c(Cl)c(C)nn1CC. The van der Waals surface area contributed by atoms with E-state index in [4.69, 9.17) is 11.6 Å². The van der Waals surface area contributed by atoms with Crippen molar-refractivity contribution in [1.29, 1.82) is 0 Å². The van der Waals surface area contributed by atoms with Gasteiger partial charge in [0.15, 0.2) is 0 Å². The zero-order valence-electron chi connectivity index (χ0n) is 12.5. The summed E-state index contributed by atoms with van der Waals surface area (Å²) in [4.78, 5) is 0. The van der Waals surface area contributed by atoms with Crippen LogP contribution in [0.3, 0.4) is 0 Å². The van der Waals surface area contributed by atoms with E-state index < -0.39 is 0 Å². The summed E-state index contributed by atoms with van der Waals surface area (Å²) in [5, 5.41) is 8.69. The van der Waals surface area contributed by atoms with Crippen LogP contribution in [-0.4, -0.2) is 20.9 Å². The lowest BCUT2D eigenvalue weighted by molar-refractivity contribution is 0.579. The molecule has 2 rings (SSSR count). The zero-order valence-corrected chi connectivity index (χ0v) is 13.2. The fraction of sp³-hybridized carbons (Fsp3) is 0.533. The van der Waals surface area contributed by atoms with E-state index in [-0.39, 0.29) is 0 Å². The van der Waals surface area contributed by atoms with E-state index in [1.165, 1.54) is 5.69 Å². The first kappa shape index (κ1) is 15.1. The number of hydrogen-bond acceptors (Lipinski definition) is 2. The quantitative estimate of drug-likeness (QED) is 0.796. The average molecular weight is 295 g/mol. The fourth-order valence-corrected chi connectivity index (χ4v) is 2.53. The van der Waals surface area contributed by atoms with Crippen LogP contribution in [-0.2, 0) is 19.6 Å². The molecule has 110 valence electrons. The van der Waals surface area contributed by atoms with Crippen LogP contribution in [0.4, 0.5) is 0 Å². The Bertz CT molecular complexity index is 556. The third-order valence-corrected chi connectivity index (χ3v) is 3.92. The highest BCUT2D eigenvalue weighted by molar-refractivity contribution is 6.31. The maximum absolute atomic E-state index is 6.38. The van der Waals surface area contributed by atoms with Gasteiger partial charge in [-0.1, -0.05) is 18.5 Å². The number of hydrogen-bond donors (Lipinski definition) is 1. The van der Waals surface area contributed by atoms with Crippen molar-refractivity contribution in [3.8, 4) is 0 Å². The molecule has 20 heavy (non-hydrogen) atoms. The Kier molecular flexibility index (Phi) is 5.26. The highest BCUT2D eigenvalue weighted by Gasteiger charge is 2.13. The Morgan fingerprint density at radius 3 is 2.85 bits per heavy atom. The molecule has 0 aliphatic rings. The molecule has 0 atom stereocenters. The van der Waals surface area contributed by atoms with E-state index >= 15 is 0 Å². The summed E-state index contributed by atoms with van der Waals surface area (Å²) in [6.07, 6.45) is 3.25. The summed E-state index contributed by atoms with van der Waals surface area (Å²) < 4.78 is 4.22. The molecule has 2 aromatic heterocycles. The largest absolute Gasteiger partial charge is 0.344 e. The highest BCUT2D eigenvalue weighted by atomic mass is 35.5. The second-order valence-electron chi connectivity index (χ2n) is 4.97. The number of aryl methyl sites for hydroxylation is 2. The molecular formula is C15H23ClN4. The van der Waals surface area contributed by atoms with Crippen molar-refractivity contribution >= 4 is 11.6 Å². The molecule has 0 unspecified atom stereocenters. The monoisotopic (exact) mass is 294 g/mol. The molecule has 0 aliphatic heterocycles. The maximum atomic E-state index is 6.38. The van der Waals surface area contributed by atoms with Gasteiger partial charge in [-0.15, -0.1) is 0 Å². The van der Waals surface area contributed by atoms with Crippen LogP contribution in [0.2, 0.25) is 5.02 Å². The highest BCUT2D eigenvalue weighted by Crippen LogP contribution is 2.22. The molecule has 5 heteroatoms. The van der Waals surface area contributed by atoms with Crippen LogP contribution in [0.25, 0.3) is 0 Å². The van der Waals surface area contributed by atoms with Gasteiger partial charge in [-0.3, -0.25) is 4.68 Å². The lowest BCUT2D eigenvalue weighted by Crippen LogP contribution is -2.17. The number of nitrogens with one attached hydrogen (secondary N) is 1. The van der Waals surface area contributed by atoms with Crippen LogP contribution >= 0.6 is 11.6 Å². The molecule has 0 bridgehead atoms. The van der Waals surface area contributed by atoms with Gasteiger partial charge in [0.25, 0.3) is 0 Å².